The Kier molecular flexibility index (Phi) is 5.88. The van der Waals surface area contributed by atoms with Crippen LogP contribution in [0.4, 0.5) is 4.39 Å². The highest BCUT2D eigenvalue weighted by Gasteiger charge is 2.21. The number of aromatic amines is 1. The number of nitrogens with one attached hydrogen (secondary N) is 1. The number of aryl methyl sites for hydroxylation is 1. The van der Waals surface area contributed by atoms with Crippen molar-refractivity contribution in [3.05, 3.63) is 62.7 Å². The smallest absolute Gasteiger partial charge is 0.328 e. The maximum atomic E-state index is 13.6. The summed E-state index contributed by atoms with van der Waals surface area (Å²) in [4.78, 5) is 28.8. The fourth-order valence-electron chi connectivity index (χ4n) is 3.35. The highest BCUT2D eigenvalue weighted by atomic mass is 19.1. The van der Waals surface area contributed by atoms with E-state index >= 15 is 0 Å². The number of rotatable bonds is 6. The summed E-state index contributed by atoms with van der Waals surface area (Å²) in [6.45, 7) is 4.87. The minimum absolute atomic E-state index is 0.275. The number of likely N-dealkylation sites (tertiary alicyclic amines) is 1. The molecule has 0 aliphatic carbocycles. The van der Waals surface area contributed by atoms with Crippen LogP contribution in [0.25, 0.3) is 0 Å². The van der Waals surface area contributed by atoms with Crippen LogP contribution in [0.2, 0.25) is 0 Å². The fraction of sp³-hybridized carbons (Fsp3) is 0.474. The number of benzene rings is 1. The molecule has 1 aliphatic rings. The second kappa shape index (κ2) is 8.31. The van der Waals surface area contributed by atoms with E-state index in [9.17, 15) is 14.0 Å². The molecule has 0 bridgehead atoms. The van der Waals surface area contributed by atoms with Crippen molar-refractivity contribution in [1.82, 2.24) is 14.5 Å². The van der Waals surface area contributed by atoms with Crippen molar-refractivity contribution < 1.29 is 9.13 Å². The van der Waals surface area contributed by atoms with Crippen molar-refractivity contribution in [1.29, 1.82) is 0 Å². The second-order valence-corrected chi connectivity index (χ2v) is 6.80. The van der Waals surface area contributed by atoms with E-state index in [1.165, 1.54) is 16.7 Å². The summed E-state index contributed by atoms with van der Waals surface area (Å²) < 4.78 is 20.5. The molecule has 1 unspecified atom stereocenters. The number of hydrogen-bond donors (Lipinski definition) is 1. The van der Waals surface area contributed by atoms with Crippen molar-refractivity contribution in [2.45, 2.75) is 26.3 Å². The van der Waals surface area contributed by atoms with Gasteiger partial charge in [0.1, 0.15) is 0 Å². The van der Waals surface area contributed by atoms with Gasteiger partial charge in [-0.05, 0) is 38.4 Å². The fourth-order valence-corrected chi connectivity index (χ4v) is 3.35. The van der Waals surface area contributed by atoms with Gasteiger partial charge in [0.15, 0.2) is 11.6 Å². The van der Waals surface area contributed by atoms with Crippen molar-refractivity contribution in [3.8, 4) is 5.75 Å². The van der Waals surface area contributed by atoms with Crippen LogP contribution in [0.15, 0.2) is 39.9 Å². The Labute approximate surface area is 151 Å². The summed E-state index contributed by atoms with van der Waals surface area (Å²) in [6.07, 6.45) is 2.04. The third-order valence-corrected chi connectivity index (χ3v) is 4.71. The maximum absolute atomic E-state index is 13.6. The van der Waals surface area contributed by atoms with Crippen LogP contribution < -0.4 is 16.0 Å². The Morgan fingerprint density at radius 2 is 2.08 bits per heavy atom. The minimum atomic E-state index is -0.369. The molecule has 2 heterocycles. The molecule has 1 aliphatic heterocycles. The summed E-state index contributed by atoms with van der Waals surface area (Å²) in [6, 6.07) is 7.84. The monoisotopic (exact) mass is 361 g/mol. The number of para-hydroxylation sites is 1. The van der Waals surface area contributed by atoms with E-state index in [2.05, 4.69) is 9.88 Å². The number of piperidine rings is 1. The topological polar surface area (TPSA) is 67.3 Å². The number of ether oxygens (including phenoxy) is 1. The predicted molar refractivity (Wildman–Crippen MR) is 97.1 cm³/mol. The van der Waals surface area contributed by atoms with Gasteiger partial charge in [-0.2, -0.15) is 0 Å². The highest BCUT2D eigenvalue weighted by Crippen LogP contribution is 2.20. The summed E-state index contributed by atoms with van der Waals surface area (Å²) in [5, 5.41) is 0. The Morgan fingerprint density at radius 1 is 1.27 bits per heavy atom. The molecule has 7 heteroatoms. The molecule has 0 saturated carbocycles. The van der Waals surface area contributed by atoms with Crippen LogP contribution in [0, 0.1) is 18.7 Å². The largest absolute Gasteiger partial charge is 0.490 e. The van der Waals surface area contributed by atoms with Gasteiger partial charge >= 0.3 is 5.69 Å². The molecule has 140 valence electrons. The molecule has 1 aromatic heterocycles. The summed E-state index contributed by atoms with van der Waals surface area (Å²) in [5.74, 6) is 0.233. The van der Waals surface area contributed by atoms with E-state index in [1.54, 1.807) is 25.1 Å². The minimum Gasteiger partial charge on any atom is -0.490 e. The molecular formula is C19H24FN3O3. The Hall–Kier alpha value is -2.41. The van der Waals surface area contributed by atoms with Crippen LogP contribution in [0.3, 0.4) is 0 Å². The molecule has 26 heavy (non-hydrogen) atoms. The zero-order valence-electron chi connectivity index (χ0n) is 14.9. The number of halogens is 1. The number of H-pyrrole nitrogens is 1. The molecule has 0 radical (unpaired) electrons. The molecule has 1 atom stereocenters. The quantitative estimate of drug-likeness (QED) is 0.852. The summed E-state index contributed by atoms with van der Waals surface area (Å²) in [7, 11) is 0. The Balaban J connectivity index is 1.53. The van der Waals surface area contributed by atoms with E-state index in [0.29, 0.717) is 31.3 Å². The molecule has 0 spiro atoms. The van der Waals surface area contributed by atoms with E-state index in [0.717, 1.165) is 25.9 Å². The Morgan fingerprint density at radius 3 is 2.85 bits per heavy atom. The van der Waals surface area contributed by atoms with Gasteiger partial charge in [0.25, 0.3) is 5.56 Å². The van der Waals surface area contributed by atoms with Crippen molar-refractivity contribution >= 4 is 0 Å². The van der Waals surface area contributed by atoms with Gasteiger partial charge in [-0.15, -0.1) is 0 Å². The van der Waals surface area contributed by atoms with Crippen LogP contribution in [-0.4, -0.2) is 40.7 Å². The van der Waals surface area contributed by atoms with E-state index in [1.807, 2.05) is 0 Å². The second-order valence-electron chi connectivity index (χ2n) is 6.80. The molecule has 1 fully saturated rings. The lowest BCUT2D eigenvalue weighted by Gasteiger charge is -2.32. The highest BCUT2D eigenvalue weighted by molar-refractivity contribution is 5.23. The third-order valence-electron chi connectivity index (χ3n) is 4.71. The molecule has 6 nitrogen and oxygen atoms in total. The first kappa shape index (κ1) is 18.4. The van der Waals surface area contributed by atoms with Crippen molar-refractivity contribution in [3.63, 3.8) is 0 Å². The van der Waals surface area contributed by atoms with Gasteiger partial charge in [0.2, 0.25) is 0 Å². The molecule has 1 saturated heterocycles. The molecule has 0 amide bonds. The van der Waals surface area contributed by atoms with Gasteiger partial charge in [-0.3, -0.25) is 9.36 Å². The SMILES string of the molecule is Cc1cc(=O)n(CCN2CCCC(COc3ccccc3F)C2)c(=O)[nH]1. The first-order valence-corrected chi connectivity index (χ1v) is 8.93. The van der Waals surface area contributed by atoms with E-state index < -0.39 is 0 Å². The van der Waals surface area contributed by atoms with Gasteiger partial charge in [-0.1, -0.05) is 12.1 Å². The van der Waals surface area contributed by atoms with Crippen LogP contribution in [-0.2, 0) is 6.54 Å². The number of nitrogens with zero attached hydrogens (tertiary/aromatic N) is 2. The Bertz CT molecular complexity index is 830. The van der Waals surface area contributed by atoms with Crippen molar-refractivity contribution in [2.24, 2.45) is 5.92 Å². The van der Waals surface area contributed by atoms with E-state index in [4.69, 9.17) is 4.74 Å². The molecular weight excluding hydrogens is 337 g/mol. The standard InChI is InChI=1S/C19H24FN3O3/c1-14-11-18(24)23(19(25)21-14)10-9-22-8-4-5-15(12-22)13-26-17-7-3-2-6-16(17)20/h2-3,6-7,11,15H,4-5,8-10,12-13H2,1H3,(H,21,25). The lowest BCUT2D eigenvalue weighted by Crippen LogP contribution is -2.43. The summed E-state index contributed by atoms with van der Waals surface area (Å²) >= 11 is 0. The molecule has 2 aromatic rings. The van der Waals surface area contributed by atoms with Gasteiger partial charge < -0.3 is 14.6 Å². The average Bonchev–Trinajstić information content (AvgIpc) is 2.60. The van der Waals surface area contributed by atoms with Gasteiger partial charge in [0.05, 0.1) is 6.61 Å². The number of aromatic nitrogens is 2. The van der Waals surface area contributed by atoms with Gasteiger partial charge in [-0.25, -0.2) is 9.18 Å². The molecule has 3 rings (SSSR count). The lowest BCUT2D eigenvalue weighted by molar-refractivity contribution is 0.124. The zero-order chi connectivity index (χ0) is 18.5. The van der Waals surface area contributed by atoms with Gasteiger partial charge in [0, 0.05) is 37.3 Å². The number of hydrogen-bond acceptors (Lipinski definition) is 4. The van der Waals surface area contributed by atoms with E-state index in [-0.39, 0.29) is 22.8 Å². The molecule has 1 aromatic carbocycles. The predicted octanol–water partition coefficient (Wildman–Crippen LogP) is 1.78. The zero-order valence-corrected chi connectivity index (χ0v) is 14.9. The van der Waals surface area contributed by atoms with Crippen LogP contribution >= 0.6 is 0 Å². The lowest BCUT2D eigenvalue weighted by atomic mass is 9.99. The maximum Gasteiger partial charge on any atom is 0.328 e. The average molecular weight is 361 g/mol. The van der Waals surface area contributed by atoms with Crippen molar-refractivity contribution in [2.75, 3.05) is 26.2 Å². The summed E-state index contributed by atoms with van der Waals surface area (Å²) in [5.41, 5.74) is -0.0753. The third kappa shape index (κ3) is 4.60. The molecule has 1 N–H and O–H groups in total. The van der Waals surface area contributed by atoms with Crippen LogP contribution in [0.1, 0.15) is 18.5 Å². The van der Waals surface area contributed by atoms with Crippen LogP contribution in [0.5, 0.6) is 5.75 Å². The first-order chi connectivity index (χ1) is 12.5. The first-order valence-electron chi connectivity index (χ1n) is 8.93. The normalized spacial score (nSPS) is 18.0.